The highest BCUT2D eigenvalue weighted by atomic mass is 32.2. The van der Waals surface area contributed by atoms with Gasteiger partial charge in [-0.3, -0.25) is 4.79 Å². The maximum Gasteiger partial charge on any atom is 0.316 e. The van der Waals surface area contributed by atoms with E-state index in [-0.39, 0.29) is 17.8 Å². The zero-order chi connectivity index (χ0) is 19.1. The van der Waals surface area contributed by atoms with Gasteiger partial charge in [0.25, 0.3) is 0 Å². The number of carbonyl (C=O) groups is 1. The summed E-state index contributed by atoms with van der Waals surface area (Å²) in [4.78, 5) is 11.5. The Bertz CT molecular complexity index is 713. The zero-order valence-electron chi connectivity index (χ0n) is 16.1. The lowest BCUT2D eigenvalue weighted by molar-refractivity contribution is -0.139. The molecule has 1 aromatic heterocycles. The molecule has 0 amide bonds. The Morgan fingerprint density at radius 1 is 1.15 bits per heavy atom. The summed E-state index contributed by atoms with van der Waals surface area (Å²) in [6.45, 7) is 11.2. The van der Waals surface area contributed by atoms with Crippen molar-refractivity contribution in [1.29, 1.82) is 0 Å². The van der Waals surface area contributed by atoms with E-state index in [9.17, 15) is 4.79 Å². The van der Waals surface area contributed by atoms with Crippen molar-refractivity contribution in [1.82, 2.24) is 14.8 Å². The summed E-state index contributed by atoms with van der Waals surface area (Å²) in [5, 5.41) is 9.17. The number of carbonyl (C=O) groups excluding carboxylic acids is 1. The van der Waals surface area contributed by atoms with Crippen molar-refractivity contribution in [3.8, 4) is 5.75 Å². The van der Waals surface area contributed by atoms with Gasteiger partial charge in [-0.2, -0.15) is 0 Å². The fourth-order valence-corrected chi connectivity index (χ4v) is 3.33. The molecule has 6 nitrogen and oxygen atoms in total. The SMILES string of the molecule is CCOC(=O)CSc1nnc(C(C)Oc2ccc(C(C)C)cc2)n1CC. The fourth-order valence-electron chi connectivity index (χ4n) is 2.52. The number of thioether (sulfide) groups is 1. The van der Waals surface area contributed by atoms with E-state index in [4.69, 9.17) is 9.47 Å². The van der Waals surface area contributed by atoms with Gasteiger partial charge in [-0.25, -0.2) is 0 Å². The molecule has 1 atom stereocenters. The van der Waals surface area contributed by atoms with Gasteiger partial charge in [0.15, 0.2) is 17.1 Å². The predicted octanol–water partition coefficient (Wildman–Crippen LogP) is 4.22. The molecule has 0 aliphatic heterocycles. The summed E-state index contributed by atoms with van der Waals surface area (Å²) in [5.74, 6) is 2.00. The Kier molecular flexibility index (Phi) is 7.50. The molecular formula is C19H27N3O3S. The highest BCUT2D eigenvalue weighted by Crippen LogP contribution is 2.26. The van der Waals surface area contributed by atoms with Crippen molar-refractivity contribution >= 4 is 17.7 Å². The van der Waals surface area contributed by atoms with Crippen LogP contribution in [0.4, 0.5) is 0 Å². The highest BCUT2D eigenvalue weighted by molar-refractivity contribution is 7.99. The number of nitrogens with zero attached hydrogens (tertiary/aromatic N) is 3. The van der Waals surface area contributed by atoms with Crippen molar-refractivity contribution < 1.29 is 14.3 Å². The first-order valence-electron chi connectivity index (χ1n) is 8.94. The molecule has 26 heavy (non-hydrogen) atoms. The second-order valence-electron chi connectivity index (χ2n) is 6.16. The van der Waals surface area contributed by atoms with E-state index < -0.39 is 0 Å². The summed E-state index contributed by atoms with van der Waals surface area (Å²) in [5.41, 5.74) is 1.28. The first-order chi connectivity index (χ1) is 12.5. The Morgan fingerprint density at radius 2 is 1.85 bits per heavy atom. The Hall–Kier alpha value is -2.02. The molecule has 142 valence electrons. The molecule has 2 aromatic rings. The number of hydrogen-bond donors (Lipinski definition) is 0. The standard InChI is InChI=1S/C19H27N3O3S/c1-6-22-18(20-21-19(22)26-12-17(23)24-7-2)14(5)25-16-10-8-15(9-11-16)13(3)4/h8-11,13-14H,6-7,12H2,1-5H3. The van der Waals surface area contributed by atoms with Crippen LogP contribution in [0.5, 0.6) is 5.75 Å². The molecule has 1 unspecified atom stereocenters. The van der Waals surface area contributed by atoms with Crippen molar-refractivity contribution in [2.24, 2.45) is 0 Å². The lowest BCUT2D eigenvalue weighted by atomic mass is 10.0. The third kappa shape index (κ3) is 5.24. The Balaban J connectivity index is 2.06. The first-order valence-corrected chi connectivity index (χ1v) is 9.92. The zero-order valence-corrected chi connectivity index (χ0v) is 16.9. The Labute approximate surface area is 159 Å². The van der Waals surface area contributed by atoms with Crippen LogP contribution in [-0.4, -0.2) is 33.1 Å². The largest absolute Gasteiger partial charge is 0.483 e. The quantitative estimate of drug-likeness (QED) is 0.481. The summed E-state index contributed by atoms with van der Waals surface area (Å²) in [6, 6.07) is 8.12. The number of esters is 1. The number of hydrogen-bond acceptors (Lipinski definition) is 6. The smallest absolute Gasteiger partial charge is 0.316 e. The van der Waals surface area contributed by atoms with E-state index in [1.54, 1.807) is 6.92 Å². The van der Waals surface area contributed by atoms with Crippen molar-refractivity contribution in [2.75, 3.05) is 12.4 Å². The highest BCUT2D eigenvalue weighted by Gasteiger charge is 2.19. The molecule has 0 spiro atoms. The van der Waals surface area contributed by atoms with Crippen LogP contribution in [0.25, 0.3) is 0 Å². The number of ether oxygens (including phenoxy) is 2. The van der Waals surface area contributed by atoms with E-state index in [1.807, 2.05) is 30.5 Å². The van der Waals surface area contributed by atoms with Gasteiger partial charge in [0.05, 0.1) is 12.4 Å². The Morgan fingerprint density at radius 3 is 2.42 bits per heavy atom. The summed E-state index contributed by atoms with van der Waals surface area (Å²) >= 11 is 1.33. The molecule has 0 fully saturated rings. The van der Waals surface area contributed by atoms with E-state index >= 15 is 0 Å². The van der Waals surface area contributed by atoms with E-state index in [2.05, 4.69) is 36.2 Å². The van der Waals surface area contributed by atoms with Crippen LogP contribution in [-0.2, 0) is 16.1 Å². The maximum atomic E-state index is 11.5. The molecule has 2 rings (SSSR count). The lowest BCUT2D eigenvalue weighted by Crippen LogP contribution is -2.12. The summed E-state index contributed by atoms with van der Waals surface area (Å²) in [7, 11) is 0. The minimum atomic E-state index is -0.251. The molecule has 0 saturated heterocycles. The molecule has 0 N–H and O–H groups in total. The van der Waals surface area contributed by atoms with E-state index in [0.717, 1.165) is 11.6 Å². The molecule has 0 saturated carbocycles. The second-order valence-corrected chi connectivity index (χ2v) is 7.11. The number of aromatic nitrogens is 3. The topological polar surface area (TPSA) is 66.2 Å². The van der Waals surface area contributed by atoms with Gasteiger partial charge in [0.2, 0.25) is 0 Å². The second kappa shape index (κ2) is 9.62. The van der Waals surface area contributed by atoms with Crippen LogP contribution in [0.2, 0.25) is 0 Å². The van der Waals surface area contributed by atoms with Gasteiger partial charge < -0.3 is 14.0 Å². The summed E-state index contributed by atoms with van der Waals surface area (Å²) < 4.78 is 13.0. The van der Waals surface area contributed by atoms with Crippen LogP contribution >= 0.6 is 11.8 Å². The molecule has 7 heteroatoms. The van der Waals surface area contributed by atoms with Gasteiger partial charge in [0, 0.05) is 6.54 Å². The average molecular weight is 378 g/mol. The van der Waals surface area contributed by atoms with Gasteiger partial charge in [-0.05, 0) is 44.4 Å². The normalized spacial score (nSPS) is 12.2. The molecular weight excluding hydrogens is 350 g/mol. The van der Waals surface area contributed by atoms with Crippen molar-refractivity contribution in [3.63, 3.8) is 0 Å². The fraction of sp³-hybridized carbons (Fsp3) is 0.526. The molecule has 0 radical (unpaired) electrons. The molecule has 0 aliphatic rings. The van der Waals surface area contributed by atoms with Crippen LogP contribution in [0.15, 0.2) is 29.4 Å². The van der Waals surface area contributed by atoms with Crippen molar-refractivity contribution in [3.05, 3.63) is 35.7 Å². The minimum absolute atomic E-state index is 0.220. The van der Waals surface area contributed by atoms with E-state index in [0.29, 0.717) is 24.2 Å². The van der Waals surface area contributed by atoms with Crippen LogP contribution < -0.4 is 4.74 Å². The predicted molar refractivity (Wildman–Crippen MR) is 103 cm³/mol. The van der Waals surface area contributed by atoms with Gasteiger partial charge in [-0.15, -0.1) is 10.2 Å². The molecule has 1 heterocycles. The third-order valence-electron chi connectivity index (χ3n) is 3.91. The lowest BCUT2D eigenvalue weighted by Gasteiger charge is -2.16. The maximum absolute atomic E-state index is 11.5. The van der Waals surface area contributed by atoms with Gasteiger partial charge in [0.1, 0.15) is 5.75 Å². The molecule has 1 aromatic carbocycles. The average Bonchev–Trinajstić information content (AvgIpc) is 3.03. The van der Waals surface area contributed by atoms with E-state index in [1.165, 1.54) is 17.3 Å². The van der Waals surface area contributed by atoms with Crippen LogP contribution in [0.3, 0.4) is 0 Å². The van der Waals surface area contributed by atoms with Crippen molar-refractivity contribution in [2.45, 2.75) is 58.3 Å². The van der Waals surface area contributed by atoms with Gasteiger partial charge in [-0.1, -0.05) is 37.7 Å². The van der Waals surface area contributed by atoms with Crippen LogP contribution in [0, 0.1) is 0 Å². The minimum Gasteiger partial charge on any atom is -0.483 e. The third-order valence-corrected chi connectivity index (χ3v) is 4.85. The monoisotopic (exact) mass is 377 g/mol. The van der Waals surface area contributed by atoms with Gasteiger partial charge >= 0.3 is 5.97 Å². The molecule has 0 bridgehead atoms. The summed E-state index contributed by atoms with van der Waals surface area (Å²) in [6.07, 6.45) is -0.246. The first kappa shape index (κ1) is 20.3. The number of rotatable bonds is 9. The number of benzene rings is 1. The molecule has 0 aliphatic carbocycles. The van der Waals surface area contributed by atoms with Crippen LogP contribution in [0.1, 0.15) is 58.0 Å².